The summed E-state index contributed by atoms with van der Waals surface area (Å²) in [6, 6.07) is 9.68. The Hall–Kier alpha value is -1.53. The zero-order valence-electron chi connectivity index (χ0n) is 12.1. The van der Waals surface area contributed by atoms with Gasteiger partial charge in [-0.1, -0.05) is 6.07 Å². The standard InChI is InChI=1S/C16H23N3/c1-12-4-5-16(10-13(12)2)19-9-7-14(3)18-15(11-19)6-8-17/h4-5,10,14-15,18H,6-7,9,11H2,1-3H3. The van der Waals surface area contributed by atoms with Crippen LogP contribution < -0.4 is 10.2 Å². The van der Waals surface area contributed by atoms with Gasteiger partial charge in [-0.05, 0) is 50.5 Å². The van der Waals surface area contributed by atoms with Gasteiger partial charge < -0.3 is 10.2 Å². The van der Waals surface area contributed by atoms with Gasteiger partial charge in [0.1, 0.15) is 0 Å². The van der Waals surface area contributed by atoms with E-state index in [1.54, 1.807) is 0 Å². The molecule has 1 aromatic carbocycles. The molecule has 0 amide bonds. The summed E-state index contributed by atoms with van der Waals surface area (Å²) in [5, 5.41) is 12.5. The van der Waals surface area contributed by atoms with E-state index < -0.39 is 0 Å². The Bertz CT molecular complexity index is 475. The van der Waals surface area contributed by atoms with Gasteiger partial charge in [0.2, 0.25) is 0 Å². The molecule has 3 heteroatoms. The lowest BCUT2D eigenvalue weighted by Crippen LogP contribution is -2.39. The number of nitrogens with zero attached hydrogens (tertiary/aromatic N) is 2. The maximum atomic E-state index is 8.93. The third-order valence-corrected chi connectivity index (χ3v) is 3.99. The van der Waals surface area contributed by atoms with Crippen LogP contribution in [0.15, 0.2) is 18.2 Å². The SMILES string of the molecule is Cc1ccc(N2CCC(C)NC(CC#N)C2)cc1C. The largest absolute Gasteiger partial charge is 0.370 e. The Morgan fingerprint density at radius 1 is 1.37 bits per heavy atom. The lowest BCUT2D eigenvalue weighted by Gasteiger charge is -2.26. The van der Waals surface area contributed by atoms with E-state index in [4.69, 9.17) is 5.26 Å². The average Bonchev–Trinajstić information content (AvgIpc) is 2.55. The van der Waals surface area contributed by atoms with Crippen molar-refractivity contribution in [3.05, 3.63) is 29.3 Å². The van der Waals surface area contributed by atoms with Gasteiger partial charge in [-0.25, -0.2) is 0 Å². The van der Waals surface area contributed by atoms with Crippen molar-refractivity contribution in [3.8, 4) is 6.07 Å². The minimum atomic E-state index is 0.268. The van der Waals surface area contributed by atoms with Gasteiger partial charge >= 0.3 is 0 Å². The normalized spacial score (nSPS) is 23.8. The van der Waals surface area contributed by atoms with E-state index in [9.17, 15) is 0 Å². The second-order valence-corrected chi connectivity index (χ2v) is 5.63. The quantitative estimate of drug-likeness (QED) is 0.885. The van der Waals surface area contributed by atoms with Gasteiger partial charge in [-0.3, -0.25) is 0 Å². The van der Waals surface area contributed by atoms with E-state index in [0.717, 1.165) is 19.5 Å². The zero-order valence-corrected chi connectivity index (χ0v) is 12.1. The van der Waals surface area contributed by atoms with Gasteiger partial charge in [0, 0.05) is 30.9 Å². The molecule has 0 spiro atoms. The van der Waals surface area contributed by atoms with Gasteiger partial charge in [-0.15, -0.1) is 0 Å². The van der Waals surface area contributed by atoms with E-state index in [2.05, 4.69) is 55.3 Å². The number of nitriles is 1. The van der Waals surface area contributed by atoms with E-state index in [-0.39, 0.29) is 6.04 Å². The van der Waals surface area contributed by atoms with E-state index in [1.807, 2.05) is 0 Å². The number of hydrogen-bond donors (Lipinski definition) is 1. The lowest BCUT2D eigenvalue weighted by atomic mass is 10.1. The van der Waals surface area contributed by atoms with Gasteiger partial charge in [-0.2, -0.15) is 5.26 Å². The molecule has 1 heterocycles. The van der Waals surface area contributed by atoms with Crippen LogP contribution in [-0.2, 0) is 0 Å². The topological polar surface area (TPSA) is 39.1 Å². The molecule has 0 aromatic heterocycles. The highest BCUT2D eigenvalue weighted by Crippen LogP contribution is 2.21. The number of anilines is 1. The number of benzene rings is 1. The predicted octanol–water partition coefficient (Wildman–Crippen LogP) is 2.77. The summed E-state index contributed by atoms with van der Waals surface area (Å²) in [5.74, 6) is 0. The van der Waals surface area contributed by atoms with Crippen molar-refractivity contribution in [3.63, 3.8) is 0 Å². The Kier molecular flexibility index (Phi) is 4.44. The molecule has 2 rings (SSSR count). The molecule has 0 aliphatic carbocycles. The van der Waals surface area contributed by atoms with Crippen molar-refractivity contribution in [2.75, 3.05) is 18.0 Å². The molecule has 0 saturated carbocycles. The van der Waals surface area contributed by atoms with Crippen LogP contribution >= 0.6 is 0 Å². The Morgan fingerprint density at radius 3 is 2.84 bits per heavy atom. The molecular weight excluding hydrogens is 234 g/mol. The third-order valence-electron chi connectivity index (χ3n) is 3.99. The highest BCUT2D eigenvalue weighted by atomic mass is 15.2. The van der Waals surface area contributed by atoms with Crippen LogP contribution in [0.3, 0.4) is 0 Å². The molecular formula is C16H23N3. The van der Waals surface area contributed by atoms with Gasteiger partial charge in [0.25, 0.3) is 0 Å². The smallest absolute Gasteiger partial charge is 0.0638 e. The average molecular weight is 257 g/mol. The number of rotatable bonds is 2. The Labute approximate surface area is 116 Å². The van der Waals surface area contributed by atoms with Crippen molar-refractivity contribution in [2.45, 2.75) is 45.7 Å². The fraction of sp³-hybridized carbons (Fsp3) is 0.562. The molecule has 2 unspecified atom stereocenters. The van der Waals surface area contributed by atoms with Crippen molar-refractivity contribution >= 4 is 5.69 Å². The summed E-state index contributed by atoms with van der Waals surface area (Å²) in [5.41, 5.74) is 3.94. The molecule has 1 aromatic rings. The first-order valence-corrected chi connectivity index (χ1v) is 7.05. The minimum Gasteiger partial charge on any atom is -0.370 e. The fourth-order valence-electron chi connectivity index (χ4n) is 2.64. The Balaban J connectivity index is 2.17. The highest BCUT2D eigenvalue weighted by Gasteiger charge is 2.21. The minimum absolute atomic E-state index is 0.268. The molecule has 2 atom stereocenters. The van der Waals surface area contributed by atoms with Crippen molar-refractivity contribution in [1.29, 1.82) is 5.26 Å². The van der Waals surface area contributed by atoms with Crippen LogP contribution in [0.5, 0.6) is 0 Å². The first kappa shape index (κ1) is 13.9. The van der Waals surface area contributed by atoms with E-state index in [0.29, 0.717) is 12.5 Å². The summed E-state index contributed by atoms with van der Waals surface area (Å²) in [4.78, 5) is 2.41. The lowest BCUT2D eigenvalue weighted by molar-refractivity contribution is 0.473. The molecule has 19 heavy (non-hydrogen) atoms. The number of hydrogen-bond acceptors (Lipinski definition) is 3. The van der Waals surface area contributed by atoms with Crippen molar-refractivity contribution < 1.29 is 0 Å². The summed E-state index contributed by atoms with van der Waals surface area (Å²) in [6.07, 6.45) is 1.69. The van der Waals surface area contributed by atoms with Crippen LogP contribution in [0, 0.1) is 25.2 Å². The fourth-order valence-corrected chi connectivity index (χ4v) is 2.64. The summed E-state index contributed by atoms with van der Waals surface area (Å²) >= 11 is 0. The maximum Gasteiger partial charge on any atom is 0.0638 e. The molecule has 3 nitrogen and oxygen atoms in total. The number of nitrogens with one attached hydrogen (secondary N) is 1. The second-order valence-electron chi connectivity index (χ2n) is 5.63. The summed E-state index contributed by atoms with van der Waals surface area (Å²) < 4.78 is 0. The van der Waals surface area contributed by atoms with E-state index >= 15 is 0 Å². The van der Waals surface area contributed by atoms with Crippen molar-refractivity contribution in [1.82, 2.24) is 5.32 Å². The van der Waals surface area contributed by atoms with Crippen LogP contribution in [-0.4, -0.2) is 25.2 Å². The Morgan fingerprint density at radius 2 is 2.16 bits per heavy atom. The van der Waals surface area contributed by atoms with Crippen LogP contribution in [0.25, 0.3) is 0 Å². The third kappa shape index (κ3) is 3.48. The summed E-state index contributed by atoms with van der Waals surface area (Å²) in [7, 11) is 0. The molecule has 0 bridgehead atoms. The predicted molar refractivity (Wildman–Crippen MR) is 79.4 cm³/mol. The molecule has 1 fully saturated rings. The maximum absolute atomic E-state index is 8.93. The molecule has 102 valence electrons. The monoisotopic (exact) mass is 257 g/mol. The number of aryl methyl sites for hydroxylation is 2. The first-order chi connectivity index (χ1) is 9.10. The molecule has 1 N–H and O–H groups in total. The van der Waals surface area contributed by atoms with E-state index in [1.165, 1.54) is 16.8 Å². The van der Waals surface area contributed by atoms with Crippen LogP contribution in [0.2, 0.25) is 0 Å². The molecule has 0 radical (unpaired) electrons. The van der Waals surface area contributed by atoms with Crippen LogP contribution in [0.1, 0.15) is 30.9 Å². The van der Waals surface area contributed by atoms with Crippen LogP contribution in [0.4, 0.5) is 5.69 Å². The zero-order chi connectivity index (χ0) is 13.8. The van der Waals surface area contributed by atoms with Gasteiger partial charge in [0.05, 0.1) is 12.5 Å². The highest BCUT2D eigenvalue weighted by molar-refractivity contribution is 5.51. The van der Waals surface area contributed by atoms with Gasteiger partial charge in [0.15, 0.2) is 0 Å². The molecule has 1 aliphatic rings. The molecule has 1 aliphatic heterocycles. The second kappa shape index (κ2) is 6.08. The summed E-state index contributed by atoms with van der Waals surface area (Å²) in [6.45, 7) is 8.47. The first-order valence-electron chi connectivity index (χ1n) is 7.05. The molecule has 1 saturated heterocycles. The van der Waals surface area contributed by atoms with Crippen molar-refractivity contribution in [2.24, 2.45) is 0 Å².